The highest BCUT2D eigenvalue weighted by Crippen LogP contribution is 2.01. The molecule has 0 aromatic carbocycles. The molecule has 0 radical (unpaired) electrons. The van der Waals surface area contributed by atoms with E-state index in [0.717, 1.165) is 12.8 Å². The van der Waals surface area contributed by atoms with E-state index in [1.807, 2.05) is 13.8 Å². The summed E-state index contributed by atoms with van der Waals surface area (Å²) in [5.41, 5.74) is 0. The minimum atomic E-state index is -0.357. The van der Waals surface area contributed by atoms with Crippen LogP contribution in [0.25, 0.3) is 0 Å². The molecule has 0 bridgehead atoms. The van der Waals surface area contributed by atoms with Crippen molar-refractivity contribution in [2.45, 2.75) is 39.9 Å². The lowest BCUT2D eigenvalue weighted by Crippen LogP contribution is -2.19. The van der Waals surface area contributed by atoms with E-state index < -0.39 is 0 Å². The maximum absolute atomic E-state index is 5.19. The van der Waals surface area contributed by atoms with Crippen molar-refractivity contribution in [1.82, 2.24) is 0 Å². The second-order valence-electron chi connectivity index (χ2n) is 2.25. The molecule has 0 saturated heterocycles. The average Bonchev–Trinajstić information content (AvgIpc) is 2.03. The van der Waals surface area contributed by atoms with E-state index in [2.05, 4.69) is 0 Å². The Bertz CT molecular complexity index is 150. The van der Waals surface area contributed by atoms with Gasteiger partial charge in [0.05, 0.1) is 0 Å². The van der Waals surface area contributed by atoms with E-state index >= 15 is 0 Å². The highest BCUT2D eigenvalue weighted by Gasteiger charge is 2.06. The number of hydrogen-bond acceptors (Lipinski definition) is 4. The predicted molar refractivity (Wildman–Crippen MR) is 57.4 cm³/mol. The van der Waals surface area contributed by atoms with Gasteiger partial charge >= 0.3 is 0 Å². The third-order valence-electron chi connectivity index (χ3n) is 1.17. The number of thiocarbonyl (C=S) groups is 2. The van der Waals surface area contributed by atoms with Crippen molar-refractivity contribution < 1.29 is 9.47 Å². The van der Waals surface area contributed by atoms with E-state index in [1.54, 1.807) is 6.92 Å². The van der Waals surface area contributed by atoms with Crippen LogP contribution in [0.4, 0.5) is 0 Å². The Morgan fingerprint density at radius 1 is 1.08 bits per heavy atom. The fourth-order valence-corrected chi connectivity index (χ4v) is 0.832. The van der Waals surface area contributed by atoms with Gasteiger partial charge in [0, 0.05) is 19.8 Å². The molecule has 70 valence electrons. The summed E-state index contributed by atoms with van der Waals surface area (Å²) in [6.45, 7) is 5.66. The second kappa shape index (κ2) is 6.31. The summed E-state index contributed by atoms with van der Waals surface area (Å²) in [7, 11) is 0. The number of ether oxygens (including phenoxy) is 2. The van der Waals surface area contributed by atoms with Crippen LogP contribution in [0.5, 0.6) is 0 Å². The minimum absolute atomic E-state index is 0.357. The van der Waals surface area contributed by atoms with Gasteiger partial charge in [-0.15, -0.1) is 0 Å². The first-order valence-corrected chi connectivity index (χ1v) is 4.80. The largest absolute Gasteiger partial charge is 0.449 e. The Kier molecular flexibility index (Phi) is 6.20. The minimum Gasteiger partial charge on any atom is -0.449 e. The van der Waals surface area contributed by atoms with Gasteiger partial charge in [0.15, 0.2) is 10.1 Å². The maximum atomic E-state index is 5.19. The van der Waals surface area contributed by atoms with E-state index in [-0.39, 0.29) is 6.29 Å². The summed E-state index contributed by atoms with van der Waals surface area (Å²) in [4.78, 5) is 0. The van der Waals surface area contributed by atoms with Crippen molar-refractivity contribution in [2.75, 3.05) is 0 Å². The number of rotatable bonds is 4. The first-order valence-electron chi connectivity index (χ1n) is 3.99. The van der Waals surface area contributed by atoms with Crippen LogP contribution < -0.4 is 0 Å². The van der Waals surface area contributed by atoms with Crippen LogP contribution in [0.3, 0.4) is 0 Å². The standard InChI is InChI=1S/C8H14O2S2/c1-4-7(11)9-6(3)10-8(12)5-2/h6H,4-5H2,1-3H3. The van der Waals surface area contributed by atoms with Crippen LogP contribution in [0, 0.1) is 0 Å². The molecule has 12 heavy (non-hydrogen) atoms. The van der Waals surface area contributed by atoms with Crippen molar-refractivity contribution in [3.8, 4) is 0 Å². The summed E-state index contributed by atoms with van der Waals surface area (Å²) in [5.74, 6) is 0. The van der Waals surface area contributed by atoms with Crippen molar-refractivity contribution in [3.05, 3.63) is 0 Å². The summed E-state index contributed by atoms with van der Waals surface area (Å²) < 4.78 is 10.4. The van der Waals surface area contributed by atoms with E-state index in [0.29, 0.717) is 10.1 Å². The Labute approximate surface area is 84.2 Å². The first kappa shape index (κ1) is 11.8. The normalized spacial score (nSPS) is 9.67. The quantitative estimate of drug-likeness (QED) is 0.520. The van der Waals surface area contributed by atoms with Crippen LogP contribution in [0.2, 0.25) is 0 Å². The molecular formula is C8H14O2S2. The zero-order chi connectivity index (χ0) is 9.56. The van der Waals surface area contributed by atoms with Crippen molar-refractivity contribution in [2.24, 2.45) is 0 Å². The fraction of sp³-hybridized carbons (Fsp3) is 0.750. The monoisotopic (exact) mass is 206 g/mol. The lowest BCUT2D eigenvalue weighted by atomic mass is 10.5. The molecule has 0 aromatic heterocycles. The van der Waals surface area contributed by atoms with E-state index in [4.69, 9.17) is 33.9 Å². The van der Waals surface area contributed by atoms with Crippen LogP contribution in [0.15, 0.2) is 0 Å². The maximum Gasteiger partial charge on any atom is 0.239 e. The van der Waals surface area contributed by atoms with Gasteiger partial charge in [-0.3, -0.25) is 0 Å². The molecule has 0 rings (SSSR count). The molecule has 0 aliphatic heterocycles. The summed E-state index contributed by atoms with van der Waals surface area (Å²) in [5, 5.41) is 1.11. The lowest BCUT2D eigenvalue weighted by Gasteiger charge is -2.15. The molecule has 0 saturated carbocycles. The van der Waals surface area contributed by atoms with Crippen LogP contribution in [-0.2, 0) is 9.47 Å². The molecule has 0 aromatic rings. The zero-order valence-electron chi connectivity index (χ0n) is 7.62. The molecule has 4 heteroatoms. The zero-order valence-corrected chi connectivity index (χ0v) is 9.26. The Balaban J connectivity index is 3.66. The van der Waals surface area contributed by atoms with Gasteiger partial charge < -0.3 is 9.47 Å². The summed E-state index contributed by atoms with van der Waals surface area (Å²) >= 11 is 9.75. The van der Waals surface area contributed by atoms with Gasteiger partial charge in [-0.25, -0.2) is 0 Å². The molecule has 0 amide bonds. The van der Waals surface area contributed by atoms with E-state index in [1.165, 1.54) is 0 Å². The average molecular weight is 206 g/mol. The second-order valence-corrected chi connectivity index (χ2v) is 3.17. The van der Waals surface area contributed by atoms with Crippen molar-refractivity contribution >= 4 is 34.5 Å². The molecule has 0 aliphatic rings. The lowest BCUT2D eigenvalue weighted by molar-refractivity contribution is 0.00336. The van der Waals surface area contributed by atoms with Gasteiger partial charge in [0.25, 0.3) is 0 Å². The Morgan fingerprint density at radius 3 is 1.67 bits per heavy atom. The van der Waals surface area contributed by atoms with Crippen molar-refractivity contribution in [3.63, 3.8) is 0 Å². The first-order chi connectivity index (χ1) is 5.60. The molecule has 0 aliphatic carbocycles. The van der Waals surface area contributed by atoms with Crippen LogP contribution >= 0.6 is 24.4 Å². The van der Waals surface area contributed by atoms with Crippen LogP contribution in [-0.4, -0.2) is 16.4 Å². The molecule has 0 heterocycles. The van der Waals surface area contributed by atoms with Gasteiger partial charge in [-0.1, -0.05) is 13.8 Å². The van der Waals surface area contributed by atoms with Crippen LogP contribution in [0.1, 0.15) is 33.6 Å². The molecule has 0 atom stereocenters. The molecule has 0 spiro atoms. The van der Waals surface area contributed by atoms with Gasteiger partial charge in [-0.2, -0.15) is 0 Å². The van der Waals surface area contributed by atoms with Gasteiger partial charge in [0.1, 0.15) is 0 Å². The highest BCUT2D eigenvalue weighted by molar-refractivity contribution is 7.80. The number of hydrogen-bond donors (Lipinski definition) is 0. The summed E-state index contributed by atoms with van der Waals surface area (Å²) in [6.07, 6.45) is 1.09. The van der Waals surface area contributed by atoms with Gasteiger partial charge in [0.2, 0.25) is 6.29 Å². The third-order valence-corrected chi connectivity index (χ3v) is 1.94. The summed E-state index contributed by atoms with van der Waals surface area (Å²) in [6, 6.07) is 0. The molecular weight excluding hydrogens is 192 g/mol. The van der Waals surface area contributed by atoms with Gasteiger partial charge in [-0.05, 0) is 24.4 Å². The smallest absolute Gasteiger partial charge is 0.239 e. The SMILES string of the molecule is CCC(=S)OC(C)OC(=S)CC. The van der Waals surface area contributed by atoms with E-state index in [9.17, 15) is 0 Å². The predicted octanol–water partition coefficient (Wildman–Crippen LogP) is 2.84. The Morgan fingerprint density at radius 2 is 1.42 bits per heavy atom. The molecule has 0 N–H and O–H groups in total. The highest BCUT2D eigenvalue weighted by atomic mass is 32.1. The van der Waals surface area contributed by atoms with Crippen molar-refractivity contribution in [1.29, 1.82) is 0 Å². The topological polar surface area (TPSA) is 18.5 Å². The third kappa shape index (κ3) is 5.43. The Hall–Kier alpha value is -0.220. The fourth-order valence-electron chi connectivity index (χ4n) is 0.561. The molecule has 0 unspecified atom stereocenters. The molecule has 0 fully saturated rings. The molecule has 2 nitrogen and oxygen atoms in total.